The molecule has 0 amide bonds. The Hall–Kier alpha value is -0.860. The van der Waals surface area contributed by atoms with Gasteiger partial charge in [0.25, 0.3) is 0 Å². The molecule has 0 heterocycles. The molecule has 14 heavy (non-hydrogen) atoms. The largest absolute Gasteiger partial charge is 0.481 e. The minimum Gasteiger partial charge on any atom is -0.481 e. The number of rotatable bonds is 4. The number of carbonyl (C=O) groups excluding carboxylic acids is 1. The molecule has 1 aliphatic carbocycles. The van der Waals surface area contributed by atoms with Crippen LogP contribution in [0, 0.1) is 16.7 Å². The van der Waals surface area contributed by atoms with Crippen molar-refractivity contribution in [2.45, 2.75) is 40.5 Å². The van der Waals surface area contributed by atoms with E-state index in [0.29, 0.717) is 6.42 Å². The molecule has 3 heteroatoms. The quantitative estimate of drug-likeness (QED) is 0.752. The van der Waals surface area contributed by atoms with Crippen molar-refractivity contribution < 1.29 is 14.7 Å². The maximum atomic E-state index is 11.0. The van der Waals surface area contributed by atoms with Gasteiger partial charge in [0.2, 0.25) is 0 Å². The van der Waals surface area contributed by atoms with Crippen LogP contribution in [0.5, 0.6) is 0 Å². The monoisotopic (exact) mass is 198 g/mol. The van der Waals surface area contributed by atoms with Crippen molar-refractivity contribution in [2.24, 2.45) is 16.7 Å². The second kappa shape index (κ2) is 3.07. The number of hydrogen-bond acceptors (Lipinski definition) is 2. The number of carbonyl (C=O) groups is 2. The van der Waals surface area contributed by atoms with E-state index >= 15 is 0 Å². The van der Waals surface area contributed by atoms with Gasteiger partial charge in [-0.05, 0) is 23.7 Å². The van der Waals surface area contributed by atoms with Gasteiger partial charge < -0.3 is 9.90 Å². The average Bonchev–Trinajstić information content (AvgIpc) is 2.31. The Morgan fingerprint density at radius 1 is 1.29 bits per heavy atom. The van der Waals surface area contributed by atoms with E-state index in [9.17, 15) is 9.59 Å². The van der Waals surface area contributed by atoms with Gasteiger partial charge >= 0.3 is 5.97 Å². The molecule has 1 rings (SSSR count). The van der Waals surface area contributed by atoms with Gasteiger partial charge in [0.15, 0.2) is 0 Å². The van der Waals surface area contributed by atoms with Crippen LogP contribution in [0.2, 0.25) is 0 Å². The lowest BCUT2D eigenvalue weighted by atomic mass is 9.94. The van der Waals surface area contributed by atoms with Crippen molar-refractivity contribution in [3.8, 4) is 0 Å². The van der Waals surface area contributed by atoms with Crippen LogP contribution in [0.4, 0.5) is 0 Å². The third-order valence-corrected chi connectivity index (χ3v) is 4.04. The van der Waals surface area contributed by atoms with E-state index in [2.05, 4.69) is 0 Å². The average molecular weight is 198 g/mol. The highest BCUT2D eigenvalue weighted by molar-refractivity contribution is 5.77. The van der Waals surface area contributed by atoms with E-state index in [1.807, 2.05) is 20.8 Å². The normalized spacial score (nSPS) is 33.9. The number of Topliss-reactive ketones (excluding diaryl/α,β-unsaturated/α-hetero) is 1. The zero-order valence-electron chi connectivity index (χ0n) is 9.26. The molecule has 0 spiro atoms. The Labute approximate surface area is 84.5 Å². The smallest absolute Gasteiger partial charge is 0.303 e. The SMILES string of the molecule is CC(=O)C[C@H]1C(C)(C)[C@]1(C)CC(=O)O. The van der Waals surface area contributed by atoms with Crippen LogP contribution in [0.15, 0.2) is 0 Å². The molecule has 2 atom stereocenters. The van der Waals surface area contributed by atoms with Crippen LogP contribution in [-0.2, 0) is 9.59 Å². The van der Waals surface area contributed by atoms with Crippen LogP contribution in [0.25, 0.3) is 0 Å². The van der Waals surface area contributed by atoms with E-state index < -0.39 is 5.97 Å². The van der Waals surface area contributed by atoms with Gasteiger partial charge in [-0.15, -0.1) is 0 Å². The summed E-state index contributed by atoms with van der Waals surface area (Å²) in [6.45, 7) is 7.62. The lowest BCUT2D eigenvalue weighted by molar-refractivity contribution is -0.138. The highest BCUT2D eigenvalue weighted by Gasteiger charge is 2.67. The fourth-order valence-electron chi connectivity index (χ4n) is 2.63. The van der Waals surface area contributed by atoms with Gasteiger partial charge in [-0.1, -0.05) is 20.8 Å². The molecule has 1 N–H and O–H groups in total. The van der Waals surface area contributed by atoms with Crippen LogP contribution in [0.1, 0.15) is 40.5 Å². The van der Waals surface area contributed by atoms with Crippen molar-refractivity contribution in [3.05, 3.63) is 0 Å². The number of hydrogen-bond donors (Lipinski definition) is 1. The highest BCUT2D eigenvalue weighted by Crippen LogP contribution is 2.71. The fraction of sp³-hybridized carbons (Fsp3) is 0.818. The Bertz CT molecular complexity index is 280. The van der Waals surface area contributed by atoms with Crippen LogP contribution in [0.3, 0.4) is 0 Å². The fourth-order valence-corrected chi connectivity index (χ4v) is 2.63. The summed E-state index contributed by atoms with van der Waals surface area (Å²) in [7, 11) is 0. The molecular weight excluding hydrogens is 180 g/mol. The van der Waals surface area contributed by atoms with Gasteiger partial charge in [-0.25, -0.2) is 0 Å². The Morgan fingerprint density at radius 3 is 2.14 bits per heavy atom. The van der Waals surface area contributed by atoms with E-state index in [-0.39, 0.29) is 29.0 Å². The zero-order chi connectivity index (χ0) is 11.1. The van der Waals surface area contributed by atoms with Crippen molar-refractivity contribution in [1.82, 2.24) is 0 Å². The summed E-state index contributed by atoms with van der Waals surface area (Å²) < 4.78 is 0. The molecule has 0 saturated heterocycles. The van der Waals surface area contributed by atoms with E-state index in [0.717, 1.165) is 0 Å². The minimum atomic E-state index is -0.772. The first-order chi connectivity index (χ1) is 6.22. The van der Waals surface area contributed by atoms with Gasteiger partial charge in [0.05, 0.1) is 6.42 Å². The molecule has 3 nitrogen and oxygen atoms in total. The second-order valence-electron chi connectivity index (χ2n) is 5.17. The van der Waals surface area contributed by atoms with Crippen molar-refractivity contribution in [3.63, 3.8) is 0 Å². The lowest BCUT2D eigenvalue weighted by Gasteiger charge is -2.10. The maximum absolute atomic E-state index is 11.0. The number of aliphatic carboxylic acids is 1. The molecule has 0 aromatic carbocycles. The summed E-state index contributed by atoms with van der Waals surface area (Å²) in [5, 5.41) is 8.79. The van der Waals surface area contributed by atoms with Crippen LogP contribution < -0.4 is 0 Å². The van der Waals surface area contributed by atoms with E-state index in [1.54, 1.807) is 6.92 Å². The number of ketones is 1. The Morgan fingerprint density at radius 2 is 1.79 bits per heavy atom. The molecule has 0 aliphatic heterocycles. The third kappa shape index (κ3) is 1.56. The van der Waals surface area contributed by atoms with Crippen molar-refractivity contribution in [2.75, 3.05) is 0 Å². The van der Waals surface area contributed by atoms with Gasteiger partial charge in [0, 0.05) is 6.42 Å². The van der Waals surface area contributed by atoms with Crippen molar-refractivity contribution in [1.29, 1.82) is 0 Å². The molecule has 1 aliphatic rings. The predicted molar refractivity (Wildman–Crippen MR) is 52.9 cm³/mol. The van der Waals surface area contributed by atoms with E-state index in [4.69, 9.17) is 5.11 Å². The Kier molecular flexibility index (Phi) is 2.46. The standard InChI is InChI=1S/C11H18O3/c1-7(12)5-8-10(2,3)11(8,4)6-9(13)14/h8H,5-6H2,1-4H3,(H,13,14)/t8-,11+/m0/s1. The Balaban J connectivity index is 2.72. The zero-order valence-corrected chi connectivity index (χ0v) is 9.26. The molecule has 0 aromatic rings. The second-order valence-corrected chi connectivity index (χ2v) is 5.17. The molecule has 1 saturated carbocycles. The molecule has 0 unspecified atom stereocenters. The molecule has 80 valence electrons. The first-order valence-electron chi connectivity index (χ1n) is 4.93. The number of carboxylic acids is 1. The first kappa shape index (κ1) is 11.2. The van der Waals surface area contributed by atoms with Crippen LogP contribution >= 0.6 is 0 Å². The van der Waals surface area contributed by atoms with Gasteiger partial charge in [-0.3, -0.25) is 4.79 Å². The lowest BCUT2D eigenvalue weighted by Crippen LogP contribution is -2.11. The first-order valence-corrected chi connectivity index (χ1v) is 4.93. The highest BCUT2D eigenvalue weighted by atomic mass is 16.4. The molecule has 1 fully saturated rings. The molecule has 0 aromatic heterocycles. The van der Waals surface area contributed by atoms with Crippen molar-refractivity contribution >= 4 is 11.8 Å². The minimum absolute atomic E-state index is 0.0168. The third-order valence-electron chi connectivity index (χ3n) is 4.04. The van der Waals surface area contributed by atoms with E-state index in [1.165, 1.54) is 0 Å². The summed E-state index contributed by atoms with van der Waals surface area (Å²) in [6, 6.07) is 0. The van der Waals surface area contributed by atoms with Crippen LogP contribution in [-0.4, -0.2) is 16.9 Å². The summed E-state index contributed by atoms with van der Waals surface area (Å²) in [5.74, 6) is -0.396. The van der Waals surface area contributed by atoms with Gasteiger partial charge in [0.1, 0.15) is 5.78 Å². The maximum Gasteiger partial charge on any atom is 0.303 e. The molecule has 0 radical (unpaired) electrons. The summed E-state index contributed by atoms with van der Waals surface area (Å²) in [5.41, 5.74) is -0.221. The molecular formula is C11H18O3. The summed E-state index contributed by atoms with van der Waals surface area (Å²) >= 11 is 0. The predicted octanol–water partition coefficient (Wildman–Crippen LogP) is 2.10. The van der Waals surface area contributed by atoms with Gasteiger partial charge in [-0.2, -0.15) is 0 Å². The summed E-state index contributed by atoms with van der Waals surface area (Å²) in [4.78, 5) is 21.7. The summed E-state index contributed by atoms with van der Waals surface area (Å²) in [6.07, 6.45) is 0.675. The topological polar surface area (TPSA) is 54.4 Å². The number of carboxylic acid groups (broad SMARTS) is 1. The molecule has 0 bridgehead atoms.